The van der Waals surface area contributed by atoms with Crippen molar-refractivity contribution in [1.82, 2.24) is 15.3 Å². The SMILES string of the molecule is CNCc1cnc(Oc2c(OC)cccc2OC)nc1. The predicted molar refractivity (Wildman–Crippen MR) is 74.4 cm³/mol. The van der Waals surface area contributed by atoms with Crippen molar-refractivity contribution in [1.29, 1.82) is 0 Å². The lowest BCUT2D eigenvalue weighted by Gasteiger charge is -2.12. The fraction of sp³-hybridized carbons (Fsp3) is 0.286. The minimum atomic E-state index is 0.243. The van der Waals surface area contributed by atoms with E-state index in [1.54, 1.807) is 38.7 Å². The molecule has 0 unspecified atom stereocenters. The van der Waals surface area contributed by atoms with Crippen LogP contribution in [0.25, 0.3) is 0 Å². The van der Waals surface area contributed by atoms with E-state index in [0.717, 1.165) is 5.56 Å². The zero-order chi connectivity index (χ0) is 14.4. The van der Waals surface area contributed by atoms with Gasteiger partial charge in [-0.05, 0) is 19.2 Å². The van der Waals surface area contributed by atoms with Crippen molar-refractivity contribution in [2.24, 2.45) is 0 Å². The summed E-state index contributed by atoms with van der Waals surface area (Å²) in [6, 6.07) is 5.63. The third-order valence-electron chi connectivity index (χ3n) is 2.64. The van der Waals surface area contributed by atoms with Gasteiger partial charge < -0.3 is 19.5 Å². The molecule has 1 heterocycles. The van der Waals surface area contributed by atoms with Crippen molar-refractivity contribution >= 4 is 0 Å². The summed E-state index contributed by atoms with van der Waals surface area (Å²) in [4.78, 5) is 8.32. The Labute approximate surface area is 117 Å². The Bertz CT molecular complexity index is 536. The smallest absolute Gasteiger partial charge is 0.322 e. The van der Waals surface area contributed by atoms with Gasteiger partial charge in [-0.15, -0.1) is 0 Å². The molecule has 0 radical (unpaired) electrons. The molecule has 0 fully saturated rings. The van der Waals surface area contributed by atoms with E-state index in [1.807, 2.05) is 13.1 Å². The number of aromatic nitrogens is 2. The average molecular weight is 275 g/mol. The molecule has 0 spiro atoms. The van der Waals surface area contributed by atoms with Gasteiger partial charge in [-0.3, -0.25) is 0 Å². The van der Waals surface area contributed by atoms with Crippen LogP contribution in [0.4, 0.5) is 0 Å². The molecule has 0 saturated heterocycles. The van der Waals surface area contributed by atoms with E-state index < -0.39 is 0 Å². The van der Waals surface area contributed by atoms with E-state index in [2.05, 4.69) is 15.3 Å². The Morgan fingerprint density at radius 2 is 1.65 bits per heavy atom. The van der Waals surface area contributed by atoms with Crippen molar-refractivity contribution in [3.05, 3.63) is 36.2 Å². The molecule has 0 bridgehead atoms. The van der Waals surface area contributed by atoms with E-state index in [0.29, 0.717) is 23.8 Å². The van der Waals surface area contributed by atoms with Crippen LogP contribution in [0.15, 0.2) is 30.6 Å². The van der Waals surface area contributed by atoms with E-state index in [9.17, 15) is 0 Å². The molecule has 0 saturated carbocycles. The first-order valence-electron chi connectivity index (χ1n) is 6.13. The summed E-state index contributed by atoms with van der Waals surface area (Å²) in [5.41, 5.74) is 0.979. The third kappa shape index (κ3) is 3.16. The van der Waals surface area contributed by atoms with E-state index in [4.69, 9.17) is 14.2 Å². The average Bonchev–Trinajstić information content (AvgIpc) is 2.49. The topological polar surface area (TPSA) is 65.5 Å². The Kier molecular flexibility index (Phi) is 4.73. The van der Waals surface area contributed by atoms with Gasteiger partial charge >= 0.3 is 6.01 Å². The molecule has 6 heteroatoms. The number of nitrogens with zero attached hydrogens (tertiary/aromatic N) is 2. The molecule has 1 aromatic heterocycles. The Morgan fingerprint density at radius 1 is 1.05 bits per heavy atom. The van der Waals surface area contributed by atoms with Gasteiger partial charge in [-0.25, -0.2) is 9.97 Å². The van der Waals surface area contributed by atoms with E-state index in [1.165, 1.54) is 0 Å². The van der Waals surface area contributed by atoms with Crippen LogP contribution in [0.1, 0.15) is 5.56 Å². The number of rotatable bonds is 6. The van der Waals surface area contributed by atoms with Gasteiger partial charge in [0.2, 0.25) is 5.75 Å². The Hall–Kier alpha value is -2.34. The monoisotopic (exact) mass is 275 g/mol. The van der Waals surface area contributed by atoms with Crippen LogP contribution in [-0.2, 0) is 6.54 Å². The fourth-order valence-corrected chi connectivity index (χ4v) is 1.70. The van der Waals surface area contributed by atoms with Crippen LogP contribution in [0.5, 0.6) is 23.3 Å². The Morgan fingerprint density at radius 3 is 2.15 bits per heavy atom. The summed E-state index contributed by atoms with van der Waals surface area (Å²) in [5.74, 6) is 1.58. The molecule has 6 nitrogen and oxygen atoms in total. The minimum absolute atomic E-state index is 0.243. The number of nitrogens with one attached hydrogen (secondary N) is 1. The second-order valence-corrected chi connectivity index (χ2v) is 4.00. The minimum Gasteiger partial charge on any atom is -0.493 e. The lowest BCUT2D eigenvalue weighted by Crippen LogP contribution is -2.06. The molecule has 2 rings (SSSR count). The number of ether oxygens (including phenoxy) is 3. The lowest BCUT2D eigenvalue weighted by molar-refractivity contribution is 0.336. The predicted octanol–water partition coefficient (Wildman–Crippen LogP) is 2.01. The summed E-state index contributed by atoms with van der Waals surface area (Å²) in [5, 5.41) is 3.03. The van der Waals surface area contributed by atoms with Crippen molar-refractivity contribution in [2.75, 3.05) is 21.3 Å². The summed E-state index contributed by atoms with van der Waals surface area (Å²) < 4.78 is 16.2. The second kappa shape index (κ2) is 6.72. The van der Waals surface area contributed by atoms with Crippen LogP contribution >= 0.6 is 0 Å². The fourth-order valence-electron chi connectivity index (χ4n) is 1.70. The zero-order valence-electron chi connectivity index (χ0n) is 11.7. The molecule has 0 atom stereocenters. The number of hydrogen-bond acceptors (Lipinski definition) is 6. The highest BCUT2D eigenvalue weighted by Gasteiger charge is 2.13. The zero-order valence-corrected chi connectivity index (χ0v) is 11.7. The Balaban J connectivity index is 2.24. The highest BCUT2D eigenvalue weighted by atomic mass is 16.5. The van der Waals surface area contributed by atoms with Gasteiger partial charge in [0, 0.05) is 24.5 Å². The number of hydrogen-bond donors (Lipinski definition) is 1. The molecule has 1 N–H and O–H groups in total. The lowest BCUT2D eigenvalue weighted by atomic mass is 10.3. The molecule has 20 heavy (non-hydrogen) atoms. The van der Waals surface area contributed by atoms with Gasteiger partial charge in [0.15, 0.2) is 11.5 Å². The quantitative estimate of drug-likeness (QED) is 0.870. The van der Waals surface area contributed by atoms with Crippen LogP contribution in [0, 0.1) is 0 Å². The summed E-state index contributed by atoms with van der Waals surface area (Å²) in [6.07, 6.45) is 3.42. The maximum atomic E-state index is 5.66. The van der Waals surface area contributed by atoms with Crippen LogP contribution in [0.2, 0.25) is 0 Å². The summed E-state index contributed by atoms with van der Waals surface area (Å²) in [6.45, 7) is 0.707. The molecular formula is C14H17N3O3. The van der Waals surface area contributed by atoms with Crippen LogP contribution in [0.3, 0.4) is 0 Å². The highest BCUT2D eigenvalue weighted by Crippen LogP contribution is 2.38. The first-order chi connectivity index (χ1) is 9.78. The van der Waals surface area contributed by atoms with Crippen molar-refractivity contribution in [3.63, 3.8) is 0 Å². The molecule has 0 aliphatic rings. The summed E-state index contributed by atoms with van der Waals surface area (Å²) >= 11 is 0. The van der Waals surface area contributed by atoms with Gasteiger partial charge in [0.25, 0.3) is 0 Å². The number of methoxy groups -OCH3 is 2. The molecule has 1 aromatic carbocycles. The molecule has 0 aliphatic heterocycles. The normalized spacial score (nSPS) is 10.2. The molecular weight excluding hydrogens is 258 g/mol. The van der Waals surface area contributed by atoms with Gasteiger partial charge in [-0.2, -0.15) is 0 Å². The van der Waals surface area contributed by atoms with E-state index in [-0.39, 0.29) is 6.01 Å². The standard InChI is InChI=1S/C14H17N3O3/c1-15-7-10-8-16-14(17-9-10)20-13-11(18-2)5-4-6-12(13)19-3/h4-6,8-9,15H,7H2,1-3H3. The molecule has 2 aromatic rings. The molecule has 0 aliphatic carbocycles. The largest absolute Gasteiger partial charge is 0.493 e. The van der Waals surface area contributed by atoms with Crippen LogP contribution < -0.4 is 19.5 Å². The van der Waals surface area contributed by atoms with Crippen molar-refractivity contribution in [2.45, 2.75) is 6.54 Å². The first-order valence-corrected chi connectivity index (χ1v) is 6.13. The van der Waals surface area contributed by atoms with Gasteiger partial charge in [0.05, 0.1) is 14.2 Å². The van der Waals surface area contributed by atoms with Crippen molar-refractivity contribution < 1.29 is 14.2 Å². The molecule has 0 amide bonds. The molecule has 106 valence electrons. The van der Waals surface area contributed by atoms with Gasteiger partial charge in [0.1, 0.15) is 0 Å². The highest BCUT2D eigenvalue weighted by molar-refractivity contribution is 5.52. The number of benzene rings is 1. The number of para-hydroxylation sites is 1. The van der Waals surface area contributed by atoms with Crippen LogP contribution in [-0.4, -0.2) is 31.2 Å². The van der Waals surface area contributed by atoms with Gasteiger partial charge in [-0.1, -0.05) is 6.07 Å². The maximum absolute atomic E-state index is 5.66. The second-order valence-electron chi connectivity index (χ2n) is 4.00. The van der Waals surface area contributed by atoms with E-state index >= 15 is 0 Å². The maximum Gasteiger partial charge on any atom is 0.322 e. The van der Waals surface area contributed by atoms with Crippen molar-refractivity contribution in [3.8, 4) is 23.3 Å². The first kappa shape index (κ1) is 14.1. The summed E-state index contributed by atoms with van der Waals surface area (Å²) in [7, 11) is 5.00. The third-order valence-corrected chi connectivity index (χ3v) is 2.64.